The maximum atomic E-state index is 11.4. The second-order valence-electron chi connectivity index (χ2n) is 3.17. The third-order valence-corrected chi connectivity index (χ3v) is 3.21. The number of rotatable bonds is 6. The Morgan fingerprint density at radius 3 is 2.94 bits per heavy atom. The van der Waals surface area contributed by atoms with Crippen LogP contribution in [0.15, 0.2) is 36.9 Å². The van der Waals surface area contributed by atoms with E-state index < -0.39 is 0 Å². The van der Waals surface area contributed by atoms with E-state index >= 15 is 0 Å². The normalized spacial score (nSPS) is 9.81. The molecule has 0 fully saturated rings. The fraction of sp³-hybridized carbons (Fsp3) is 0.250. The molecule has 0 saturated carbocycles. The Balaban J connectivity index is 2.31. The van der Waals surface area contributed by atoms with Crippen molar-refractivity contribution in [1.29, 1.82) is 0 Å². The maximum Gasteiger partial charge on any atom is 0.230 e. The number of hydrogen-bond acceptors (Lipinski definition) is 2. The zero-order valence-electron chi connectivity index (χ0n) is 8.91. The van der Waals surface area contributed by atoms with E-state index in [2.05, 4.69) is 11.9 Å². The van der Waals surface area contributed by atoms with Gasteiger partial charge < -0.3 is 5.32 Å². The molecule has 0 radical (unpaired) electrons. The molecule has 0 atom stereocenters. The number of nitrogens with one attached hydrogen (secondary N) is 1. The quantitative estimate of drug-likeness (QED) is 0.626. The molecule has 0 bridgehead atoms. The highest BCUT2D eigenvalue weighted by Gasteiger charge is 2.02. The van der Waals surface area contributed by atoms with Gasteiger partial charge in [0.2, 0.25) is 5.91 Å². The van der Waals surface area contributed by atoms with Crippen LogP contribution in [-0.2, 0) is 11.3 Å². The number of halogens is 1. The smallest absolute Gasteiger partial charge is 0.230 e. The first kappa shape index (κ1) is 13.1. The predicted molar refractivity (Wildman–Crippen MR) is 70.8 cm³/mol. The topological polar surface area (TPSA) is 29.1 Å². The summed E-state index contributed by atoms with van der Waals surface area (Å²) in [5, 5.41) is 3.50. The van der Waals surface area contributed by atoms with Gasteiger partial charge in [0.1, 0.15) is 0 Å². The minimum Gasteiger partial charge on any atom is -0.351 e. The van der Waals surface area contributed by atoms with Crippen molar-refractivity contribution in [2.75, 3.05) is 11.5 Å². The Morgan fingerprint density at radius 2 is 2.25 bits per heavy atom. The van der Waals surface area contributed by atoms with Crippen molar-refractivity contribution in [3.63, 3.8) is 0 Å². The van der Waals surface area contributed by atoms with Gasteiger partial charge >= 0.3 is 0 Å². The Morgan fingerprint density at radius 1 is 1.50 bits per heavy atom. The minimum atomic E-state index is 0.0202. The van der Waals surface area contributed by atoms with E-state index in [-0.39, 0.29) is 5.91 Å². The lowest BCUT2D eigenvalue weighted by atomic mass is 10.2. The third-order valence-electron chi connectivity index (χ3n) is 1.90. The van der Waals surface area contributed by atoms with E-state index in [4.69, 9.17) is 11.6 Å². The van der Waals surface area contributed by atoms with Crippen LogP contribution in [0.3, 0.4) is 0 Å². The van der Waals surface area contributed by atoms with Crippen LogP contribution in [-0.4, -0.2) is 17.4 Å². The Kier molecular flexibility index (Phi) is 6.04. The number of amides is 1. The molecule has 1 rings (SSSR count). The monoisotopic (exact) mass is 255 g/mol. The number of carbonyl (C=O) groups excluding carboxylic acids is 1. The lowest BCUT2D eigenvalue weighted by molar-refractivity contribution is -0.118. The zero-order valence-corrected chi connectivity index (χ0v) is 10.5. The van der Waals surface area contributed by atoms with Crippen LogP contribution in [0, 0.1) is 0 Å². The maximum absolute atomic E-state index is 11.4. The first-order chi connectivity index (χ1) is 7.74. The Labute approximate surface area is 105 Å². The molecule has 0 spiro atoms. The van der Waals surface area contributed by atoms with Crippen molar-refractivity contribution in [3.8, 4) is 0 Å². The molecule has 1 aromatic carbocycles. The van der Waals surface area contributed by atoms with E-state index in [0.29, 0.717) is 17.3 Å². The summed E-state index contributed by atoms with van der Waals surface area (Å²) >= 11 is 7.50. The van der Waals surface area contributed by atoms with E-state index in [1.165, 1.54) is 11.8 Å². The summed E-state index contributed by atoms with van der Waals surface area (Å²) in [6.45, 7) is 4.07. The summed E-state index contributed by atoms with van der Waals surface area (Å²) in [5.74, 6) is 1.27. The average Bonchev–Trinajstić information content (AvgIpc) is 2.28. The molecule has 4 heteroatoms. The van der Waals surface area contributed by atoms with Crippen molar-refractivity contribution in [3.05, 3.63) is 47.5 Å². The molecule has 1 aromatic rings. The van der Waals surface area contributed by atoms with Crippen molar-refractivity contribution in [1.82, 2.24) is 5.32 Å². The molecule has 1 N–H and O–H groups in total. The molecule has 0 unspecified atom stereocenters. The second-order valence-corrected chi connectivity index (χ2v) is 4.61. The molecule has 16 heavy (non-hydrogen) atoms. The first-order valence-corrected chi connectivity index (χ1v) is 6.46. The molecular formula is C12H14ClNOS. The van der Waals surface area contributed by atoms with Crippen molar-refractivity contribution in [2.45, 2.75) is 6.54 Å². The fourth-order valence-corrected chi connectivity index (χ4v) is 1.90. The van der Waals surface area contributed by atoms with E-state index in [1.807, 2.05) is 24.3 Å². The molecule has 0 aliphatic heterocycles. The summed E-state index contributed by atoms with van der Waals surface area (Å²) in [5.41, 5.74) is 0.936. The second kappa shape index (κ2) is 7.36. The van der Waals surface area contributed by atoms with Crippen molar-refractivity contribution in [2.24, 2.45) is 0 Å². The van der Waals surface area contributed by atoms with Crippen molar-refractivity contribution >= 4 is 29.3 Å². The van der Waals surface area contributed by atoms with Crippen LogP contribution in [0.2, 0.25) is 5.02 Å². The van der Waals surface area contributed by atoms with Crippen LogP contribution in [0.25, 0.3) is 0 Å². The summed E-state index contributed by atoms with van der Waals surface area (Å²) < 4.78 is 0. The SMILES string of the molecule is C=CCSCC(=O)NCc1ccccc1Cl. The minimum absolute atomic E-state index is 0.0202. The van der Waals surface area contributed by atoms with Gasteiger partial charge in [-0.15, -0.1) is 18.3 Å². The summed E-state index contributed by atoms with van der Waals surface area (Å²) in [6, 6.07) is 7.49. The van der Waals surface area contributed by atoms with Crippen molar-refractivity contribution < 1.29 is 4.79 Å². The first-order valence-electron chi connectivity index (χ1n) is 4.92. The standard InChI is InChI=1S/C12H14ClNOS/c1-2-7-16-9-12(15)14-8-10-5-3-4-6-11(10)13/h2-6H,1,7-9H2,(H,14,15). The van der Waals surface area contributed by atoms with Crippen LogP contribution >= 0.6 is 23.4 Å². The van der Waals surface area contributed by atoms with E-state index in [0.717, 1.165) is 11.3 Å². The van der Waals surface area contributed by atoms with Gasteiger partial charge in [-0.3, -0.25) is 4.79 Å². The zero-order chi connectivity index (χ0) is 11.8. The number of benzene rings is 1. The summed E-state index contributed by atoms with van der Waals surface area (Å²) in [4.78, 5) is 11.4. The number of hydrogen-bond donors (Lipinski definition) is 1. The summed E-state index contributed by atoms with van der Waals surface area (Å²) in [7, 11) is 0. The fourth-order valence-electron chi connectivity index (χ4n) is 1.12. The molecule has 1 amide bonds. The lowest BCUT2D eigenvalue weighted by Crippen LogP contribution is -2.24. The predicted octanol–water partition coefficient (Wildman–Crippen LogP) is 2.88. The number of carbonyl (C=O) groups is 1. The van der Waals surface area contributed by atoms with Gasteiger partial charge in [0.05, 0.1) is 5.75 Å². The molecule has 2 nitrogen and oxygen atoms in total. The van der Waals surface area contributed by atoms with Gasteiger partial charge in [0.25, 0.3) is 0 Å². The lowest BCUT2D eigenvalue weighted by Gasteiger charge is -2.06. The molecule has 86 valence electrons. The van der Waals surface area contributed by atoms with Gasteiger partial charge in [0.15, 0.2) is 0 Å². The van der Waals surface area contributed by atoms with Crippen LogP contribution in [0.1, 0.15) is 5.56 Å². The molecule has 0 aliphatic carbocycles. The van der Waals surface area contributed by atoms with Crippen LogP contribution in [0.4, 0.5) is 0 Å². The van der Waals surface area contributed by atoms with Gasteiger partial charge in [-0.25, -0.2) is 0 Å². The van der Waals surface area contributed by atoms with Gasteiger partial charge in [-0.05, 0) is 11.6 Å². The molecule has 0 aliphatic rings. The van der Waals surface area contributed by atoms with E-state index in [9.17, 15) is 4.79 Å². The summed E-state index contributed by atoms with van der Waals surface area (Å²) in [6.07, 6.45) is 1.78. The highest BCUT2D eigenvalue weighted by molar-refractivity contribution is 8.00. The van der Waals surface area contributed by atoms with E-state index in [1.54, 1.807) is 6.08 Å². The molecule has 0 heterocycles. The Hall–Kier alpha value is -0.930. The van der Waals surface area contributed by atoms with Crippen LogP contribution in [0.5, 0.6) is 0 Å². The molecule has 0 aromatic heterocycles. The number of thioether (sulfide) groups is 1. The largest absolute Gasteiger partial charge is 0.351 e. The van der Waals surface area contributed by atoms with Gasteiger partial charge in [-0.2, -0.15) is 0 Å². The van der Waals surface area contributed by atoms with Gasteiger partial charge in [0, 0.05) is 17.3 Å². The highest BCUT2D eigenvalue weighted by Crippen LogP contribution is 2.14. The third kappa shape index (κ3) is 4.73. The van der Waals surface area contributed by atoms with Gasteiger partial charge in [-0.1, -0.05) is 35.9 Å². The Bertz CT molecular complexity index is 368. The average molecular weight is 256 g/mol. The molecule has 0 saturated heterocycles. The van der Waals surface area contributed by atoms with Crippen LogP contribution < -0.4 is 5.32 Å². The molecular weight excluding hydrogens is 242 g/mol. The highest BCUT2D eigenvalue weighted by atomic mass is 35.5.